The van der Waals surface area contributed by atoms with Gasteiger partial charge in [0.1, 0.15) is 11.9 Å². The number of aromatic nitrogens is 3. The number of hydrogen-bond acceptors (Lipinski definition) is 6. The molecule has 218 valence electrons. The summed E-state index contributed by atoms with van der Waals surface area (Å²) < 4.78 is 15.5. The Hall–Kier alpha value is -2.26. The minimum Gasteiger partial charge on any atom is -0.484 e. The van der Waals surface area contributed by atoms with Crippen molar-refractivity contribution in [2.75, 3.05) is 19.7 Å². The molecular weight excluding hydrogens is 514 g/mol. The van der Waals surface area contributed by atoms with E-state index < -0.39 is 8.32 Å². The predicted octanol–water partition coefficient (Wildman–Crippen LogP) is 7.36. The molecule has 0 amide bonds. The molecule has 1 fully saturated rings. The van der Waals surface area contributed by atoms with Crippen molar-refractivity contribution < 1.29 is 9.16 Å². The third kappa shape index (κ3) is 5.60. The summed E-state index contributed by atoms with van der Waals surface area (Å²) in [6.45, 7) is 17.1. The SMILES string of the molecule is CC(C)[Si](OCCCN1CCCC1c1nnc2ccc(O[C@@H]3CC[C@H](N)c4ccccc43)cn12)(C(C)C)C(C)C. The molecule has 40 heavy (non-hydrogen) atoms. The molecular formula is C32H49N5O2Si. The van der Waals surface area contributed by atoms with Crippen LogP contribution in [0.25, 0.3) is 5.65 Å². The lowest BCUT2D eigenvalue weighted by molar-refractivity contribution is 0.176. The zero-order chi connectivity index (χ0) is 28.4. The first kappa shape index (κ1) is 29.2. The predicted molar refractivity (Wildman–Crippen MR) is 164 cm³/mol. The molecule has 1 aliphatic carbocycles. The summed E-state index contributed by atoms with van der Waals surface area (Å²) >= 11 is 0. The summed E-state index contributed by atoms with van der Waals surface area (Å²) in [6, 6.07) is 12.8. The average molecular weight is 564 g/mol. The molecule has 0 spiro atoms. The van der Waals surface area contributed by atoms with Crippen LogP contribution < -0.4 is 10.5 Å². The first-order valence-corrected chi connectivity index (χ1v) is 17.6. The Balaban J connectivity index is 1.27. The van der Waals surface area contributed by atoms with Gasteiger partial charge in [0.25, 0.3) is 0 Å². The van der Waals surface area contributed by atoms with Crippen molar-refractivity contribution in [1.82, 2.24) is 19.5 Å². The third-order valence-electron chi connectivity index (χ3n) is 9.47. The number of nitrogens with zero attached hydrogens (tertiary/aromatic N) is 4. The first-order chi connectivity index (χ1) is 19.2. The van der Waals surface area contributed by atoms with Crippen LogP contribution in [0.4, 0.5) is 0 Å². The van der Waals surface area contributed by atoms with E-state index in [1.807, 2.05) is 12.1 Å². The van der Waals surface area contributed by atoms with Gasteiger partial charge in [-0.05, 0) is 78.5 Å². The fraction of sp³-hybridized carbons (Fsp3) is 0.625. The summed E-state index contributed by atoms with van der Waals surface area (Å²) in [5, 5.41) is 9.19. The van der Waals surface area contributed by atoms with E-state index in [0.29, 0.717) is 16.6 Å². The Bertz CT molecular complexity index is 1250. The molecule has 3 atom stereocenters. The van der Waals surface area contributed by atoms with Gasteiger partial charge >= 0.3 is 0 Å². The van der Waals surface area contributed by atoms with Crippen molar-refractivity contribution in [1.29, 1.82) is 0 Å². The van der Waals surface area contributed by atoms with Crippen molar-refractivity contribution in [3.05, 3.63) is 59.5 Å². The highest BCUT2D eigenvalue weighted by molar-refractivity contribution is 6.77. The smallest absolute Gasteiger partial charge is 0.200 e. The van der Waals surface area contributed by atoms with Gasteiger partial charge < -0.3 is 14.9 Å². The number of ether oxygens (including phenoxy) is 1. The second-order valence-electron chi connectivity index (χ2n) is 12.8. The van der Waals surface area contributed by atoms with Gasteiger partial charge in [-0.25, -0.2) is 0 Å². The van der Waals surface area contributed by atoms with E-state index in [-0.39, 0.29) is 18.2 Å². The number of pyridine rings is 1. The van der Waals surface area contributed by atoms with Crippen LogP contribution in [0.15, 0.2) is 42.6 Å². The molecule has 7 nitrogen and oxygen atoms in total. The van der Waals surface area contributed by atoms with Gasteiger partial charge in [0.15, 0.2) is 19.8 Å². The fourth-order valence-corrected chi connectivity index (χ4v) is 13.2. The van der Waals surface area contributed by atoms with E-state index in [9.17, 15) is 0 Å². The highest BCUT2D eigenvalue weighted by Gasteiger charge is 2.45. The molecule has 1 unspecified atom stereocenters. The summed E-state index contributed by atoms with van der Waals surface area (Å²) in [7, 11) is -1.83. The highest BCUT2D eigenvalue weighted by Crippen LogP contribution is 2.42. The van der Waals surface area contributed by atoms with Crippen molar-refractivity contribution in [2.24, 2.45) is 5.73 Å². The molecule has 8 heteroatoms. The van der Waals surface area contributed by atoms with Crippen molar-refractivity contribution >= 4 is 14.0 Å². The number of likely N-dealkylation sites (tertiary alicyclic amines) is 1. The summed E-state index contributed by atoms with van der Waals surface area (Å²) in [4.78, 5) is 2.58. The number of fused-ring (bicyclic) bond motifs is 2. The van der Waals surface area contributed by atoms with E-state index in [4.69, 9.17) is 14.9 Å². The largest absolute Gasteiger partial charge is 0.484 e. The third-order valence-corrected chi connectivity index (χ3v) is 15.6. The van der Waals surface area contributed by atoms with Crippen LogP contribution >= 0.6 is 0 Å². The molecule has 1 aromatic carbocycles. The number of rotatable bonds is 11. The Morgan fingerprint density at radius 2 is 1.65 bits per heavy atom. The molecule has 3 heterocycles. The van der Waals surface area contributed by atoms with Crippen molar-refractivity contribution in [3.63, 3.8) is 0 Å². The average Bonchev–Trinajstić information content (AvgIpc) is 3.56. The molecule has 2 aromatic heterocycles. The van der Waals surface area contributed by atoms with Crippen LogP contribution in [-0.2, 0) is 4.43 Å². The van der Waals surface area contributed by atoms with Crippen LogP contribution in [0, 0.1) is 0 Å². The molecule has 0 radical (unpaired) electrons. The van der Waals surface area contributed by atoms with Gasteiger partial charge in [0.2, 0.25) is 0 Å². The Morgan fingerprint density at radius 3 is 2.38 bits per heavy atom. The highest BCUT2D eigenvalue weighted by atomic mass is 28.4. The zero-order valence-electron chi connectivity index (χ0n) is 25.3. The maximum Gasteiger partial charge on any atom is 0.200 e. The molecule has 2 aliphatic rings. The van der Waals surface area contributed by atoms with Gasteiger partial charge in [0.05, 0.1) is 12.2 Å². The van der Waals surface area contributed by atoms with Crippen molar-refractivity contribution in [3.8, 4) is 5.75 Å². The van der Waals surface area contributed by atoms with Gasteiger partial charge in [-0.3, -0.25) is 9.30 Å². The van der Waals surface area contributed by atoms with E-state index in [1.54, 1.807) is 0 Å². The lowest BCUT2D eigenvalue weighted by Crippen LogP contribution is -2.48. The second kappa shape index (κ2) is 12.3. The van der Waals surface area contributed by atoms with Crippen LogP contribution in [0.2, 0.25) is 16.6 Å². The number of hydrogen-bond donors (Lipinski definition) is 1. The first-order valence-electron chi connectivity index (χ1n) is 15.5. The van der Waals surface area contributed by atoms with Gasteiger partial charge in [-0.2, -0.15) is 0 Å². The minimum atomic E-state index is -1.83. The lowest BCUT2D eigenvalue weighted by atomic mass is 9.86. The van der Waals surface area contributed by atoms with Crippen LogP contribution in [-0.4, -0.2) is 47.5 Å². The molecule has 1 saturated heterocycles. The molecule has 1 aliphatic heterocycles. The van der Waals surface area contributed by atoms with Crippen molar-refractivity contribution in [2.45, 2.75) is 108 Å². The summed E-state index contributed by atoms with van der Waals surface area (Å²) in [6.07, 6.45) is 7.26. The normalized spacial score (nSPS) is 22.1. The summed E-state index contributed by atoms with van der Waals surface area (Å²) in [5.74, 6) is 1.86. The van der Waals surface area contributed by atoms with Gasteiger partial charge in [0, 0.05) is 19.2 Å². The molecule has 0 saturated carbocycles. The monoisotopic (exact) mass is 563 g/mol. The summed E-state index contributed by atoms with van der Waals surface area (Å²) in [5.41, 5.74) is 11.5. The van der Waals surface area contributed by atoms with Crippen LogP contribution in [0.3, 0.4) is 0 Å². The lowest BCUT2D eigenvalue weighted by Gasteiger charge is -2.42. The Morgan fingerprint density at radius 1 is 0.925 bits per heavy atom. The maximum absolute atomic E-state index is 6.84. The molecule has 0 bridgehead atoms. The standard InChI is InChI=1S/C32H49N5O2Si/c1-22(2)40(23(3)4,24(5)6)38-20-10-19-36-18-9-13-29(36)32-35-34-31-17-14-25(21-37(31)32)39-30-16-15-28(33)26-11-7-8-12-27(26)30/h7-8,11-12,14,17,21-24,28-30H,9-10,13,15-16,18-20,33H2,1-6H3/t28-,29?,30+/m0/s1. The molecule has 3 aromatic rings. The molecule has 5 rings (SSSR count). The zero-order valence-corrected chi connectivity index (χ0v) is 26.3. The van der Waals surface area contributed by atoms with Crippen LogP contribution in [0.1, 0.15) is 109 Å². The second-order valence-corrected chi connectivity index (χ2v) is 18.2. The quantitative estimate of drug-likeness (QED) is 0.194. The van der Waals surface area contributed by atoms with E-state index >= 15 is 0 Å². The van der Waals surface area contributed by atoms with Gasteiger partial charge in [-0.1, -0.05) is 65.8 Å². The molecule has 2 N–H and O–H groups in total. The van der Waals surface area contributed by atoms with Crippen LogP contribution in [0.5, 0.6) is 5.75 Å². The van der Waals surface area contributed by atoms with E-state index in [2.05, 4.69) is 91.5 Å². The number of nitrogens with two attached hydrogens (primary N) is 1. The number of benzene rings is 1. The van der Waals surface area contributed by atoms with Gasteiger partial charge in [-0.15, -0.1) is 10.2 Å². The van der Waals surface area contributed by atoms with E-state index in [0.717, 1.165) is 62.6 Å². The topological polar surface area (TPSA) is 77.9 Å². The Labute approximate surface area is 241 Å². The Kier molecular flexibility index (Phi) is 9.00. The minimum absolute atomic E-state index is 0.00884. The fourth-order valence-electron chi connectivity index (χ4n) is 7.66. The van der Waals surface area contributed by atoms with E-state index in [1.165, 1.54) is 17.5 Å². The maximum atomic E-state index is 6.84.